The van der Waals surface area contributed by atoms with Crippen LogP contribution in [0.5, 0.6) is 0 Å². The molecule has 1 fully saturated rings. The second kappa shape index (κ2) is 7.98. The molecule has 0 spiro atoms. The Kier molecular flexibility index (Phi) is 5.64. The number of amides is 1. The summed E-state index contributed by atoms with van der Waals surface area (Å²) in [5.74, 6) is -0.489. The Hall–Kier alpha value is -2.32. The summed E-state index contributed by atoms with van der Waals surface area (Å²) in [6.45, 7) is 3.82. The van der Waals surface area contributed by atoms with Gasteiger partial charge in [0, 0.05) is 22.7 Å². The van der Waals surface area contributed by atoms with Crippen molar-refractivity contribution >= 4 is 34.8 Å². The predicted octanol–water partition coefficient (Wildman–Crippen LogP) is 6.13. The first-order valence-electron chi connectivity index (χ1n) is 9.83. The molecule has 0 aliphatic carbocycles. The Bertz CT molecular complexity index is 1130. The Balaban J connectivity index is 1.89. The van der Waals surface area contributed by atoms with Crippen molar-refractivity contribution in [2.45, 2.75) is 51.4 Å². The molecule has 0 unspecified atom stereocenters. The summed E-state index contributed by atoms with van der Waals surface area (Å²) < 4.78 is 42.2. The first-order chi connectivity index (χ1) is 14.6. The first kappa shape index (κ1) is 21.9. The van der Waals surface area contributed by atoms with E-state index < -0.39 is 17.8 Å². The van der Waals surface area contributed by atoms with E-state index in [0.29, 0.717) is 15.1 Å². The highest BCUT2D eigenvalue weighted by atomic mass is 35.5. The number of hydrogen-bond acceptors (Lipinski definition) is 3. The maximum atomic E-state index is 13.9. The lowest BCUT2D eigenvalue weighted by molar-refractivity contribution is -0.142. The number of carbonyl (C=O) groups is 1. The molecule has 3 heterocycles. The summed E-state index contributed by atoms with van der Waals surface area (Å²) in [5.41, 5.74) is -1.03. The van der Waals surface area contributed by atoms with E-state index in [0.717, 1.165) is 25.3 Å². The molecule has 164 valence electrons. The van der Waals surface area contributed by atoms with Gasteiger partial charge in [0.25, 0.3) is 5.91 Å². The number of aromatic nitrogens is 3. The van der Waals surface area contributed by atoms with Crippen LogP contribution in [0.25, 0.3) is 16.9 Å². The van der Waals surface area contributed by atoms with E-state index in [1.165, 1.54) is 0 Å². The first-order valence-corrected chi connectivity index (χ1v) is 10.6. The summed E-state index contributed by atoms with van der Waals surface area (Å²) in [6.07, 6.45) is -2.12. The molecule has 2 atom stereocenters. The van der Waals surface area contributed by atoms with E-state index in [4.69, 9.17) is 23.2 Å². The minimum absolute atomic E-state index is 0.0528. The van der Waals surface area contributed by atoms with Gasteiger partial charge in [-0.05, 0) is 51.3 Å². The lowest BCUT2D eigenvalue weighted by Crippen LogP contribution is -2.47. The quantitative estimate of drug-likeness (QED) is 0.452. The standard InChI is InChI=1S/C21H19Cl2F3N4O/c1-11-4-3-5-12(2)29(11)20(31)18-17(23)19-27-15(13-6-8-14(22)9-7-13)10-16(21(24,25)26)30(19)28-18/h6-12H,3-5H2,1-2H3/t11-,12-/m0/s1. The molecule has 5 nitrogen and oxygen atoms in total. The second-order valence-corrected chi connectivity index (χ2v) is 8.59. The number of alkyl halides is 3. The Morgan fingerprint density at radius 2 is 1.71 bits per heavy atom. The van der Waals surface area contributed by atoms with Crippen LogP contribution in [-0.2, 0) is 6.18 Å². The van der Waals surface area contributed by atoms with Gasteiger partial charge in [-0.25, -0.2) is 9.50 Å². The number of likely N-dealkylation sites (tertiary alicyclic amines) is 1. The molecule has 0 saturated carbocycles. The number of hydrogen-bond donors (Lipinski definition) is 0. The van der Waals surface area contributed by atoms with Crippen molar-refractivity contribution < 1.29 is 18.0 Å². The molecule has 1 aromatic carbocycles. The third-order valence-electron chi connectivity index (χ3n) is 5.59. The van der Waals surface area contributed by atoms with Gasteiger partial charge in [0.15, 0.2) is 17.0 Å². The van der Waals surface area contributed by atoms with Crippen LogP contribution < -0.4 is 0 Å². The topological polar surface area (TPSA) is 50.5 Å². The Morgan fingerprint density at radius 1 is 1.10 bits per heavy atom. The zero-order valence-corrected chi connectivity index (χ0v) is 18.3. The third-order valence-corrected chi connectivity index (χ3v) is 6.19. The molecule has 0 N–H and O–H groups in total. The van der Waals surface area contributed by atoms with Gasteiger partial charge >= 0.3 is 6.18 Å². The van der Waals surface area contributed by atoms with E-state index in [1.807, 2.05) is 13.8 Å². The molecule has 3 aromatic rings. The molecule has 31 heavy (non-hydrogen) atoms. The van der Waals surface area contributed by atoms with Gasteiger partial charge in [0.2, 0.25) is 0 Å². The third kappa shape index (κ3) is 3.99. The van der Waals surface area contributed by atoms with Crippen molar-refractivity contribution in [3.8, 4) is 11.3 Å². The fraction of sp³-hybridized carbons (Fsp3) is 0.381. The number of halogens is 5. The highest BCUT2D eigenvalue weighted by molar-refractivity contribution is 6.36. The van der Waals surface area contributed by atoms with Crippen LogP contribution in [0.2, 0.25) is 10.0 Å². The van der Waals surface area contributed by atoms with Gasteiger partial charge < -0.3 is 4.90 Å². The summed E-state index contributed by atoms with van der Waals surface area (Å²) in [5, 5.41) is 4.21. The number of carbonyl (C=O) groups excluding carboxylic acids is 1. The van der Waals surface area contributed by atoms with Crippen LogP contribution in [0.4, 0.5) is 13.2 Å². The van der Waals surface area contributed by atoms with Crippen LogP contribution in [0, 0.1) is 0 Å². The van der Waals surface area contributed by atoms with E-state index in [9.17, 15) is 18.0 Å². The average molecular weight is 471 g/mol. The van der Waals surface area contributed by atoms with Crippen LogP contribution in [0.3, 0.4) is 0 Å². The molecule has 0 radical (unpaired) electrons. The number of rotatable bonds is 2. The molecule has 4 rings (SSSR count). The highest BCUT2D eigenvalue weighted by Crippen LogP contribution is 2.35. The summed E-state index contributed by atoms with van der Waals surface area (Å²) >= 11 is 12.3. The van der Waals surface area contributed by atoms with E-state index in [2.05, 4.69) is 10.1 Å². The number of nitrogens with zero attached hydrogens (tertiary/aromatic N) is 4. The summed E-state index contributed by atoms with van der Waals surface area (Å²) in [6, 6.07) is 7.02. The molecule has 2 aromatic heterocycles. The smallest absolute Gasteiger partial charge is 0.332 e. The van der Waals surface area contributed by atoms with Gasteiger partial charge in [-0.15, -0.1) is 0 Å². The average Bonchev–Trinajstić information content (AvgIpc) is 3.03. The SMILES string of the molecule is C[C@H]1CCC[C@H](C)N1C(=O)c1nn2c(C(F)(F)F)cc(-c3ccc(Cl)cc3)nc2c1Cl. The number of benzene rings is 1. The van der Waals surface area contributed by atoms with Crippen molar-refractivity contribution in [3.05, 3.63) is 51.8 Å². The number of fused-ring (bicyclic) bond motifs is 1. The largest absolute Gasteiger partial charge is 0.433 e. The van der Waals surface area contributed by atoms with Crippen molar-refractivity contribution in [3.63, 3.8) is 0 Å². The Morgan fingerprint density at radius 3 is 2.29 bits per heavy atom. The fourth-order valence-electron chi connectivity index (χ4n) is 4.04. The van der Waals surface area contributed by atoms with Crippen molar-refractivity contribution in [2.24, 2.45) is 0 Å². The van der Waals surface area contributed by atoms with E-state index in [1.54, 1.807) is 29.2 Å². The van der Waals surface area contributed by atoms with E-state index >= 15 is 0 Å². The Labute approximate surface area is 186 Å². The molecule has 1 amide bonds. The molecule has 1 saturated heterocycles. The van der Waals surface area contributed by atoms with Crippen molar-refractivity contribution in [1.82, 2.24) is 19.5 Å². The van der Waals surface area contributed by atoms with Gasteiger partial charge in [0.1, 0.15) is 5.02 Å². The zero-order valence-electron chi connectivity index (χ0n) is 16.7. The van der Waals surface area contributed by atoms with Crippen LogP contribution >= 0.6 is 23.2 Å². The van der Waals surface area contributed by atoms with Crippen molar-refractivity contribution in [2.75, 3.05) is 0 Å². The summed E-state index contributed by atoms with van der Waals surface area (Å²) in [4.78, 5) is 19.1. The maximum Gasteiger partial charge on any atom is 0.433 e. The highest BCUT2D eigenvalue weighted by Gasteiger charge is 2.38. The van der Waals surface area contributed by atoms with Gasteiger partial charge in [-0.3, -0.25) is 4.79 Å². The van der Waals surface area contributed by atoms with Crippen molar-refractivity contribution in [1.29, 1.82) is 0 Å². The zero-order chi connectivity index (χ0) is 22.5. The van der Waals surface area contributed by atoms with Gasteiger partial charge in [0.05, 0.1) is 5.69 Å². The minimum Gasteiger partial charge on any atom is -0.332 e. The molecule has 0 bridgehead atoms. The van der Waals surface area contributed by atoms with Gasteiger partial charge in [-0.1, -0.05) is 35.3 Å². The minimum atomic E-state index is -4.73. The lowest BCUT2D eigenvalue weighted by atomic mass is 9.97. The summed E-state index contributed by atoms with van der Waals surface area (Å²) in [7, 11) is 0. The molecule has 10 heteroatoms. The predicted molar refractivity (Wildman–Crippen MR) is 112 cm³/mol. The fourth-order valence-corrected chi connectivity index (χ4v) is 4.41. The molecule has 1 aliphatic rings. The monoisotopic (exact) mass is 470 g/mol. The second-order valence-electron chi connectivity index (χ2n) is 7.77. The van der Waals surface area contributed by atoms with Gasteiger partial charge in [-0.2, -0.15) is 18.3 Å². The number of piperidine rings is 1. The van der Waals surface area contributed by atoms with Crippen LogP contribution in [0.1, 0.15) is 49.3 Å². The normalized spacial score (nSPS) is 19.8. The van der Waals surface area contributed by atoms with E-state index in [-0.39, 0.29) is 34.1 Å². The molecule has 1 aliphatic heterocycles. The maximum absolute atomic E-state index is 13.9. The molecular formula is C21H19Cl2F3N4O. The lowest BCUT2D eigenvalue weighted by Gasteiger charge is -2.38. The van der Waals surface area contributed by atoms with Crippen LogP contribution in [-0.4, -0.2) is 37.5 Å². The molecular weight excluding hydrogens is 452 g/mol. The van der Waals surface area contributed by atoms with Crippen LogP contribution in [0.15, 0.2) is 30.3 Å².